The Hall–Kier alpha value is -2.62. The second-order valence-corrected chi connectivity index (χ2v) is 7.91. The van der Waals surface area contributed by atoms with Crippen LogP contribution < -0.4 is 0 Å². The van der Waals surface area contributed by atoms with Gasteiger partial charge in [0.05, 0.1) is 11.8 Å². The largest absolute Gasteiger partial charge is 0.462 e. The SMILES string of the molecule is O=C(OC1c2ccccc2-c2ccccc21)C1C2CC3OC(=O)C1C3C2. The number of ether oxygens (including phenoxy) is 2. The average Bonchev–Trinajstić information content (AvgIpc) is 3.35. The molecule has 5 unspecified atom stereocenters. The minimum Gasteiger partial charge on any atom is -0.462 e. The summed E-state index contributed by atoms with van der Waals surface area (Å²) in [5.41, 5.74) is 4.29. The summed E-state index contributed by atoms with van der Waals surface area (Å²) in [5, 5.41) is 0. The summed E-state index contributed by atoms with van der Waals surface area (Å²) >= 11 is 0. The highest BCUT2D eigenvalue weighted by atomic mass is 16.6. The summed E-state index contributed by atoms with van der Waals surface area (Å²) in [7, 11) is 0. The molecule has 26 heavy (non-hydrogen) atoms. The summed E-state index contributed by atoms with van der Waals surface area (Å²) in [5.74, 6) is -0.635. The molecule has 2 bridgehead atoms. The monoisotopic (exact) mass is 346 g/mol. The van der Waals surface area contributed by atoms with Crippen LogP contribution in [0.5, 0.6) is 0 Å². The second-order valence-electron chi connectivity index (χ2n) is 7.91. The fraction of sp³-hybridized carbons (Fsp3) is 0.364. The van der Waals surface area contributed by atoms with Gasteiger partial charge in [-0.05, 0) is 29.9 Å². The predicted octanol–water partition coefficient (Wildman–Crippen LogP) is 3.50. The Morgan fingerprint density at radius 1 is 0.962 bits per heavy atom. The van der Waals surface area contributed by atoms with Crippen molar-refractivity contribution in [2.75, 3.05) is 0 Å². The maximum Gasteiger partial charge on any atom is 0.311 e. The van der Waals surface area contributed by atoms with Crippen molar-refractivity contribution in [2.45, 2.75) is 25.0 Å². The Balaban J connectivity index is 1.35. The molecule has 0 aromatic heterocycles. The van der Waals surface area contributed by atoms with Crippen molar-refractivity contribution in [3.05, 3.63) is 59.7 Å². The molecule has 0 spiro atoms. The topological polar surface area (TPSA) is 52.6 Å². The summed E-state index contributed by atoms with van der Waals surface area (Å²) in [6.07, 6.45) is 1.38. The van der Waals surface area contributed by atoms with Crippen LogP contribution >= 0.6 is 0 Å². The first-order valence-electron chi connectivity index (χ1n) is 9.31. The van der Waals surface area contributed by atoms with E-state index in [2.05, 4.69) is 12.1 Å². The van der Waals surface area contributed by atoms with E-state index in [1.54, 1.807) is 0 Å². The third-order valence-corrected chi connectivity index (χ3v) is 6.77. The van der Waals surface area contributed by atoms with Crippen LogP contribution in [0.1, 0.15) is 30.1 Å². The van der Waals surface area contributed by atoms with E-state index in [4.69, 9.17) is 9.47 Å². The van der Waals surface area contributed by atoms with E-state index in [1.165, 1.54) is 0 Å². The highest BCUT2D eigenvalue weighted by molar-refractivity contribution is 5.87. The van der Waals surface area contributed by atoms with Gasteiger partial charge in [-0.3, -0.25) is 9.59 Å². The zero-order chi connectivity index (χ0) is 17.4. The van der Waals surface area contributed by atoms with Gasteiger partial charge < -0.3 is 9.47 Å². The molecule has 0 amide bonds. The minimum absolute atomic E-state index is 0.0366. The molecule has 2 aromatic carbocycles. The fourth-order valence-electron chi connectivity index (χ4n) is 5.76. The highest BCUT2D eigenvalue weighted by Crippen LogP contribution is 2.58. The molecule has 130 valence electrons. The van der Waals surface area contributed by atoms with Crippen LogP contribution in [-0.2, 0) is 19.1 Å². The van der Waals surface area contributed by atoms with Crippen LogP contribution in [0, 0.1) is 23.7 Å². The maximum absolute atomic E-state index is 13.1. The lowest BCUT2D eigenvalue weighted by atomic mass is 9.80. The summed E-state index contributed by atoms with van der Waals surface area (Å²) in [6.45, 7) is 0. The van der Waals surface area contributed by atoms with Gasteiger partial charge in [0.1, 0.15) is 6.10 Å². The van der Waals surface area contributed by atoms with Crippen molar-refractivity contribution in [1.82, 2.24) is 0 Å². The smallest absolute Gasteiger partial charge is 0.311 e. The van der Waals surface area contributed by atoms with Crippen LogP contribution in [0.4, 0.5) is 0 Å². The molecule has 2 aromatic rings. The van der Waals surface area contributed by atoms with Gasteiger partial charge in [0, 0.05) is 17.0 Å². The Bertz CT molecular complexity index is 901. The van der Waals surface area contributed by atoms with Crippen LogP contribution in [0.15, 0.2) is 48.5 Å². The van der Waals surface area contributed by atoms with Gasteiger partial charge in [-0.1, -0.05) is 48.5 Å². The first-order valence-corrected chi connectivity index (χ1v) is 9.31. The van der Waals surface area contributed by atoms with Crippen molar-refractivity contribution in [2.24, 2.45) is 23.7 Å². The van der Waals surface area contributed by atoms with Crippen molar-refractivity contribution >= 4 is 11.9 Å². The van der Waals surface area contributed by atoms with Crippen molar-refractivity contribution in [3.8, 4) is 11.1 Å². The molecule has 5 atom stereocenters. The first kappa shape index (κ1) is 14.5. The lowest BCUT2D eigenvalue weighted by molar-refractivity contribution is -0.158. The molecule has 0 radical (unpaired) electrons. The Morgan fingerprint density at radius 3 is 2.31 bits per heavy atom. The first-order chi connectivity index (χ1) is 12.7. The van der Waals surface area contributed by atoms with Gasteiger partial charge in [0.2, 0.25) is 0 Å². The number of carbonyl (C=O) groups is 2. The maximum atomic E-state index is 13.1. The molecule has 1 heterocycles. The van der Waals surface area contributed by atoms with E-state index < -0.39 is 0 Å². The molecular weight excluding hydrogens is 328 g/mol. The summed E-state index contributed by atoms with van der Waals surface area (Å²) < 4.78 is 11.5. The second kappa shape index (κ2) is 4.97. The molecular formula is C22H18O4. The van der Waals surface area contributed by atoms with Gasteiger partial charge in [-0.15, -0.1) is 0 Å². The van der Waals surface area contributed by atoms with Crippen molar-refractivity contribution < 1.29 is 19.1 Å². The van der Waals surface area contributed by atoms with E-state index >= 15 is 0 Å². The average molecular weight is 346 g/mol. The number of rotatable bonds is 2. The number of esters is 2. The number of fused-ring (bicyclic) bond motifs is 4. The van der Waals surface area contributed by atoms with Crippen molar-refractivity contribution in [3.63, 3.8) is 0 Å². The van der Waals surface area contributed by atoms with Crippen LogP contribution in [0.25, 0.3) is 11.1 Å². The molecule has 4 aliphatic rings. The lowest BCUT2D eigenvalue weighted by Gasteiger charge is -2.25. The molecule has 1 saturated heterocycles. The predicted molar refractivity (Wildman–Crippen MR) is 92.9 cm³/mol. The van der Waals surface area contributed by atoms with Gasteiger partial charge in [0.15, 0.2) is 6.10 Å². The zero-order valence-corrected chi connectivity index (χ0v) is 14.1. The Kier molecular flexibility index (Phi) is 2.78. The highest BCUT2D eigenvalue weighted by Gasteiger charge is 2.64. The Morgan fingerprint density at radius 2 is 1.62 bits per heavy atom. The van der Waals surface area contributed by atoms with Gasteiger partial charge in [-0.25, -0.2) is 0 Å². The number of hydrogen-bond donors (Lipinski definition) is 0. The molecule has 3 fully saturated rings. The van der Waals surface area contributed by atoms with E-state index in [9.17, 15) is 9.59 Å². The molecule has 2 saturated carbocycles. The molecule has 4 nitrogen and oxygen atoms in total. The van der Waals surface area contributed by atoms with Crippen LogP contribution in [-0.4, -0.2) is 18.0 Å². The molecule has 6 rings (SSSR count). The minimum atomic E-state index is -0.387. The summed E-state index contributed by atoms with van der Waals surface area (Å²) in [6, 6.07) is 16.1. The number of carbonyl (C=O) groups excluding carboxylic acids is 2. The standard InChI is InChI=1S/C22H18O4/c23-21(18-11-9-16-17(10-11)25-22(24)19(16)18)26-20-14-7-3-1-5-12(14)13-6-2-4-8-15(13)20/h1-8,11,16-20H,9-10H2. The number of hydrogen-bond acceptors (Lipinski definition) is 4. The van der Waals surface area contributed by atoms with Crippen molar-refractivity contribution in [1.29, 1.82) is 0 Å². The summed E-state index contributed by atoms with van der Waals surface area (Å²) in [4.78, 5) is 25.3. The third kappa shape index (κ3) is 1.74. The molecule has 1 aliphatic heterocycles. The van der Waals surface area contributed by atoms with Crippen LogP contribution in [0.2, 0.25) is 0 Å². The lowest BCUT2D eigenvalue weighted by Crippen LogP contribution is -2.34. The van der Waals surface area contributed by atoms with Crippen LogP contribution in [0.3, 0.4) is 0 Å². The van der Waals surface area contributed by atoms with E-state index in [0.717, 1.165) is 35.1 Å². The third-order valence-electron chi connectivity index (χ3n) is 6.77. The Labute approximate surface area is 151 Å². The quantitative estimate of drug-likeness (QED) is 0.781. The van der Waals surface area contributed by atoms with Gasteiger partial charge in [-0.2, -0.15) is 0 Å². The van der Waals surface area contributed by atoms with Gasteiger partial charge >= 0.3 is 11.9 Å². The molecule has 3 aliphatic carbocycles. The zero-order valence-electron chi connectivity index (χ0n) is 14.1. The van der Waals surface area contributed by atoms with E-state index in [1.807, 2.05) is 36.4 Å². The van der Waals surface area contributed by atoms with E-state index in [-0.39, 0.29) is 47.8 Å². The number of benzene rings is 2. The van der Waals surface area contributed by atoms with Gasteiger partial charge in [0.25, 0.3) is 0 Å². The molecule has 4 heteroatoms. The normalized spacial score (nSPS) is 33.1. The van der Waals surface area contributed by atoms with E-state index in [0.29, 0.717) is 0 Å². The molecule has 0 N–H and O–H groups in total. The fourth-order valence-corrected chi connectivity index (χ4v) is 5.76.